The van der Waals surface area contributed by atoms with Crippen molar-refractivity contribution in [3.8, 4) is 17.0 Å². The van der Waals surface area contributed by atoms with Crippen molar-refractivity contribution in [1.82, 2.24) is 4.98 Å². The van der Waals surface area contributed by atoms with Crippen molar-refractivity contribution in [3.05, 3.63) is 79.7 Å². The second kappa shape index (κ2) is 7.20. The minimum Gasteiger partial charge on any atom is -0.488 e. The SMILES string of the molecule is Cc1nc(-c2c(C)oc3c(C)c(OCc4ccc(F)cc4)ccc3c2=O)cs1. The summed E-state index contributed by atoms with van der Waals surface area (Å²) < 4.78 is 24.9. The van der Waals surface area contributed by atoms with Gasteiger partial charge in [0.15, 0.2) is 0 Å². The number of rotatable bonds is 4. The third-order valence-corrected chi connectivity index (χ3v) is 5.39. The van der Waals surface area contributed by atoms with Crippen LogP contribution in [0.1, 0.15) is 21.9 Å². The smallest absolute Gasteiger partial charge is 0.202 e. The Hall–Kier alpha value is -2.99. The molecule has 0 amide bonds. The number of aromatic nitrogens is 1. The second-order valence-corrected chi connectivity index (χ2v) is 7.66. The molecule has 2 heterocycles. The standard InChI is InChI=1S/C22H18FNO3S/c1-12-19(26-10-15-4-6-16(23)7-5-15)9-8-17-21(25)20(13(2)27-22(12)17)18-11-28-14(3)24-18/h4-9,11H,10H2,1-3H3. The molecule has 6 heteroatoms. The summed E-state index contributed by atoms with van der Waals surface area (Å²) in [5.74, 6) is 0.868. The predicted molar refractivity (Wildman–Crippen MR) is 109 cm³/mol. The van der Waals surface area contributed by atoms with Gasteiger partial charge in [0.2, 0.25) is 5.43 Å². The molecule has 0 saturated carbocycles. The van der Waals surface area contributed by atoms with E-state index >= 15 is 0 Å². The van der Waals surface area contributed by atoms with Crippen LogP contribution in [-0.4, -0.2) is 4.98 Å². The largest absolute Gasteiger partial charge is 0.488 e. The van der Waals surface area contributed by atoms with Gasteiger partial charge < -0.3 is 9.15 Å². The molecule has 0 saturated heterocycles. The van der Waals surface area contributed by atoms with Gasteiger partial charge >= 0.3 is 0 Å². The van der Waals surface area contributed by atoms with Gasteiger partial charge in [-0.25, -0.2) is 9.37 Å². The lowest BCUT2D eigenvalue weighted by Gasteiger charge is -2.12. The quantitative estimate of drug-likeness (QED) is 0.454. The van der Waals surface area contributed by atoms with Crippen LogP contribution in [0.2, 0.25) is 0 Å². The molecule has 4 rings (SSSR count). The first-order valence-electron chi connectivity index (χ1n) is 8.81. The first kappa shape index (κ1) is 18.4. The molecule has 4 aromatic rings. The lowest BCUT2D eigenvalue weighted by Crippen LogP contribution is -2.09. The Morgan fingerprint density at radius 1 is 1.11 bits per heavy atom. The van der Waals surface area contributed by atoms with Crippen LogP contribution in [0.3, 0.4) is 0 Å². The van der Waals surface area contributed by atoms with Crippen molar-refractivity contribution in [2.45, 2.75) is 27.4 Å². The molecule has 4 nitrogen and oxygen atoms in total. The Balaban J connectivity index is 1.73. The van der Waals surface area contributed by atoms with E-state index in [2.05, 4.69) is 4.98 Å². The lowest BCUT2D eigenvalue weighted by atomic mass is 10.1. The summed E-state index contributed by atoms with van der Waals surface area (Å²) in [7, 11) is 0. The summed E-state index contributed by atoms with van der Waals surface area (Å²) in [5.41, 5.74) is 3.15. The average Bonchev–Trinajstić information content (AvgIpc) is 3.09. The molecule has 0 fully saturated rings. The molecule has 28 heavy (non-hydrogen) atoms. The van der Waals surface area contributed by atoms with Crippen molar-refractivity contribution < 1.29 is 13.5 Å². The molecule has 0 atom stereocenters. The Kier molecular flexibility index (Phi) is 4.73. The minimum absolute atomic E-state index is 0.0998. The van der Waals surface area contributed by atoms with Crippen LogP contribution in [0.25, 0.3) is 22.2 Å². The summed E-state index contributed by atoms with van der Waals surface area (Å²) in [6, 6.07) is 9.64. The summed E-state index contributed by atoms with van der Waals surface area (Å²) in [5, 5.41) is 3.26. The molecule has 0 aliphatic heterocycles. The van der Waals surface area contributed by atoms with Gasteiger partial charge in [0.05, 0.1) is 21.7 Å². The number of hydrogen-bond donors (Lipinski definition) is 0. The Labute approximate surface area is 165 Å². The highest BCUT2D eigenvalue weighted by molar-refractivity contribution is 7.09. The van der Waals surface area contributed by atoms with E-state index in [1.807, 2.05) is 19.2 Å². The fraction of sp³-hybridized carbons (Fsp3) is 0.182. The maximum Gasteiger partial charge on any atom is 0.202 e. The Morgan fingerprint density at radius 2 is 1.86 bits per heavy atom. The highest BCUT2D eigenvalue weighted by atomic mass is 32.1. The van der Waals surface area contributed by atoms with Crippen LogP contribution in [0.15, 0.2) is 51.0 Å². The van der Waals surface area contributed by atoms with Gasteiger partial charge in [-0.2, -0.15) is 0 Å². The van der Waals surface area contributed by atoms with Gasteiger partial charge in [0.25, 0.3) is 0 Å². The summed E-state index contributed by atoms with van der Waals surface area (Å²) in [6.07, 6.45) is 0. The molecule has 0 aliphatic rings. The van der Waals surface area contributed by atoms with Gasteiger partial charge in [-0.05, 0) is 50.6 Å². The number of fused-ring (bicyclic) bond motifs is 1. The third-order valence-electron chi connectivity index (χ3n) is 4.62. The van der Waals surface area contributed by atoms with E-state index < -0.39 is 0 Å². The van der Waals surface area contributed by atoms with E-state index in [1.54, 1.807) is 31.2 Å². The molecule has 0 N–H and O–H groups in total. The zero-order valence-corrected chi connectivity index (χ0v) is 16.5. The van der Waals surface area contributed by atoms with Gasteiger partial charge in [-0.15, -0.1) is 11.3 Å². The number of hydrogen-bond acceptors (Lipinski definition) is 5. The monoisotopic (exact) mass is 395 g/mol. The number of aryl methyl sites for hydroxylation is 3. The minimum atomic E-state index is -0.283. The first-order valence-corrected chi connectivity index (χ1v) is 9.69. The summed E-state index contributed by atoms with van der Waals surface area (Å²) >= 11 is 1.50. The van der Waals surface area contributed by atoms with Crippen molar-refractivity contribution in [2.75, 3.05) is 0 Å². The fourth-order valence-electron chi connectivity index (χ4n) is 3.16. The molecule has 0 aliphatic carbocycles. The van der Waals surface area contributed by atoms with Crippen LogP contribution >= 0.6 is 11.3 Å². The third kappa shape index (κ3) is 3.31. The first-order chi connectivity index (χ1) is 13.4. The van der Waals surface area contributed by atoms with Crippen LogP contribution < -0.4 is 10.2 Å². The Morgan fingerprint density at radius 3 is 2.54 bits per heavy atom. The van der Waals surface area contributed by atoms with Crippen molar-refractivity contribution in [3.63, 3.8) is 0 Å². The molecule has 0 bridgehead atoms. The van der Waals surface area contributed by atoms with Crippen LogP contribution in [0, 0.1) is 26.6 Å². The number of thiazole rings is 1. The molecule has 0 radical (unpaired) electrons. The Bertz CT molecular complexity index is 1230. The number of benzene rings is 2. The molecular formula is C22H18FNO3S. The van der Waals surface area contributed by atoms with Crippen molar-refractivity contribution in [2.24, 2.45) is 0 Å². The molecule has 142 valence electrons. The van der Waals surface area contributed by atoms with E-state index in [9.17, 15) is 9.18 Å². The maximum atomic E-state index is 13.1. The van der Waals surface area contributed by atoms with Gasteiger partial charge in [0.1, 0.15) is 29.5 Å². The number of nitrogens with zero attached hydrogens (tertiary/aromatic N) is 1. The van der Waals surface area contributed by atoms with Gasteiger partial charge in [0, 0.05) is 10.9 Å². The summed E-state index contributed by atoms with van der Waals surface area (Å²) in [4.78, 5) is 17.5. The molecular weight excluding hydrogens is 377 g/mol. The lowest BCUT2D eigenvalue weighted by molar-refractivity contribution is 0.304. The van der Waals surface area contributed by atoms with Gasteiger partial charge in [-0.3, -0.25) is 4.79 Å². The van der Waals surface area contributed by atoms with E-state index in [0.717, 1.165) is 16.1 Å². The zero-order valence-electron chi connectivity index (χ0n) is 15.7. The molecule has 2 aromatic heterocycles. The highest BCUT2D eigenvalue weighted by Gasteiger charge is 2.18. The highest BCUT2D eigenvalue weighted by Crippen LogP contribution is 2.31. The number of ether oxygens (including phenoxy) is 1. The van der Waals surface area contributed by atoms with Crippen LogP contribution in [-0.2, 0) is 6.61 Å². The topological polar surface area (TPSA) is 52.3 Å². The van der Waals surface area contributed by atoms with Crippen LogP contribution in [0.4, 0.5) is 4.39 Å². The molecule has 0 unspecified atom stereocenters. The van der Waals surface area contributed by atoms with E-state index in [0.29, 0.717) is 40.3 Å². The van der Waals surface area contributed by atoms with Crippen molar-refractivity contribution in [1.29, 1.82) is 0 Å². The molecule has 0 spiro atoms. The van der Waals surface area contributed by atoms with E-state index in [1.165, 1.54) is 23.5 Å². The molecule has 2 aromatic carbocycles. The summed E-state index contributed by atoms with van der Waals surface area (Å²) in [6.45, 7) is 5.83. The number of halogens is 1. The zero-order chi connectivity index (χ0) is 19.8. The van der Waals surface area contributed by atoms with Crippen molar-refractivity contribution >= 4 is 22.3 Å². The fourth-order valence-corrected chi connectivity index (χ4v) is 3.76. The van der Waals surface area contributed by atoms with Crippen LogP contribution in [0.5, 0.6) is 5.75 Å². The second-order valence-electron chi connectivity index (χ2n) is 6.59. The van der Waals surface area contributed by atoms with Gasteiger partial charge in [-0.1, -0.05) is 12.1 Å². The van der Waals surface area contributed by atoms with E-state index in [4.69, 9.17) is 9.15 Å². The predicted octanol–water partition coefficient (Wildman–Crippen LogP) is 5.56. The van der Waals surface area contributed by atoms with E-state index in [-0.39, 0.29) is 11.2 Å². The normalized spacial score (nSPS) is 11.1. The average molecular weight is 395 g/mol. The maximum absolute atomic E-state index is 13.1.